The van der Waals surface area contributed by atoms with Crippen LogP contribution >= 0.6 is 23.4 Å². The van der Waals surface area contributed by atoms with Crippen LogP contribution in [0.2, 0.25) is 5.02 Å². The Bertz CT molecular complexity index is 1650. The fraction of sp³-hybridized carbons (Fsp3) is 0.133. The van der Waals surface area contributed by atoms with E-state index in [4.69, 9.17) is 21.1 Å². The topological polar surface area (TPSA) is 99.0 Å². The SMILES string of the molecule is CCOc1cc(/C=C2\SC(=O)N(Cc3ccc([N+](=O)[O-])cc3)C2=O)cc(Cl)c1OCc1cccc2ccccc12. The van der Waals surface area contributed by atoms with Crippen LogP contribution in [0.5, 0.6) is 11.5 Å². The highest BCUT2D eigenvalue weighted by molar-refractivity contribution is 8.18. The Hall–Kier alpha value is -4.34. The minimum atomic E-state index is -0.506. The summed E-state index contributed by atoms with van der Waals surface area (Å²) in [7, 11) is 0. The van der Waals surface area contributed by atoms with Crippen molar-refractivity contribution < 1.29 is 24.0 Å². The molecule has 0 radical (unpaired) electrons. The molecule has 0 saturated carbocycles. The number of carbonyl (C=O) groups is 2. The molecule has 4 aromatic rings. The standard InChI is InChI=1S/C30H23ClN2O6S/c1-2-38-26-15-20(14-25(31)28(26)39-18-22-8-5-7-21-6-3-4-9-24(21)22)16-27-29(34)32(30(35)40-27)17-19-10-12-23(13-11-19)33(36)37/h3-16H,2,17-18H2,1H3/b27-16-. The van der Waals surface area contributed by atoms with Gasteiger partial charge in [-0.25, -0.2) is 0 Å². The van der Waals surface area contributed by atoms with Crippen molar-refractivity contribution in [3.8, 4) is 11.5 Å². The third-order valence-electron chi connectivity index (χ3n) is 6.24. The highest BCUT2D eigenvalue weighted by Gasteiger charge is 2.35. The highest BCUT2D eigenvalue weighted by atomic mass is 35.5. The summed E-state index contributed by atoms with van der Waals surface area (Å²) in [5.41, 5.74) is 2.11. The van der Waals surface area contributed by atoms with Gasteiger partial charge in [0.25, 0.3) is 16.8 Å². The van der Waals surface area contributed by atoms with Crippen LogP contribution in [0, 0.1) is 10.1 Å². The number of nitro groups is 1. The first-order valence-corrected chi connectivity index (χ1v) is 13.6. The van der Waals surface area contributed by atoms with Gasteiger partial charge in [-0.2, -0.15) is 0 Å². The zero-order valence-corrected chi connectivity index (χ0v) is 22.9. The number of fused-ring (bicyclic) bond motifs is 1. The van der Waals surface area contributed by atoms with Crippen molar-refractivity contribution in [3.05, 3.63) is 116 Å². The summed E-state index contributed by atoms with van der Waals surface area (Å²) in [4.78, 5) is 37.4. The van der Waals surface area contributed by atoms with Gasteiger partial charge in [-0.1, -0.05) is 66.2 Å². The van der Waals surface area contributed by atoms with Gasteiger partial charge in [0.05, 0.1) is 28.0 Å². The van der Waals surface area contributed by atoms with Gasteiger partial charge in [-0.05, 0) is 64.4 Å². The monoisotopic (exact) mass is 574 g/mol. The molecule has 1 saturated heterocycles. The van der Waals surface area contributed by atoms with Crippen LogP contribution in [0.1, 0.15) is 23.6 Å². The molecule has 0 unspecified atom stereocenters. The fourth-order valence-electron chi connectivity index (χ4n) is 4.34. The van der Waals surface area contributed by atoms with Crippen LogP contribution in [0.25, 0.3) is 16.8 Å². The van der Waals surface area contributed by atoms with Gasteiger partial charge in [0.2, 0.25) is 0 Å². The van der Waals surface area contributed by atoms with Gasteiger partial charge in [0, 0.05) is 12.1 Å². The summed E-state index contributed by atoms with van der Waals surface area (Å²) in [5, 5.41) is 13.0. The first-order valence-electron chi connectivity index (χ1n) is 12.4. The lowest BCUT2D eigenvalue weighted by Crippen LogP contribution is -2.27. The van der Waals surface area contributed by atoms with E-state index < -0.39 is 16.1 Å². The summed E-state index contributed by atoms with van der Waals surface area (Å²) in [6, 6.07) is 23.2. The predicted molar refractivity (Wildman–Crippen MR) is 156 cm³/mol. The molecular formula is C30H23ClN2O6S. The Labute approximate surface area is 239 Å². The zero-order chi connectivity index (χ0) is 28.2. The molecule has 8 nitrogen and oxygen atoms in total. The van der Waals surface area contributed by atoms with Crippen molar-refractivity contribution in [1.29, 1.82) is 0 Å². The molecule has 1 aliphatic rings. The minimum absolute atomic E-state index is 0.00585. The quantitative estimate of drug-likeness (QED) is 0.115. The van der Waals surface area contributed by atoms with Crippen molar-refractivity contribution in [1.82, 2.24) is 4.90 Å². The number of thioether (sulfide) groups is 1. The van der Waals surface area contributed by atoms with E-state index in [2.05, 4.69) is 0 Å². The molecule has 5 rings (SSSR count). The van der Waals surface area contributed by atoms with Gasteiger partial charge < -0.3 is 9.47 Å². The lowest BCUT2D eigenvalue weighted by atomic mass is 10.1. The minimum Gasteiger partial charge on any atom is -0.490 e. The number of carbonyl (C=O) groups excluding carboxylic acids is 2. The number of benzene rings is 4. The summed E-state index contributed by atoms with van der Waals surface area (Å²) in [6.07, 6.45) is 1.59. The smallest absolute Gasteiger partial charge is 0.293 e. The maximum atomic E-state index is 13.0. The second-order valence-electron chi connectivity index (χ2n) is 8.88. The van der Waals surface area contributed by atoms with E-state index in [-0.39, 0.29) is 23.7 Å². The van der Waals surface area contributed by atoms with Gasteiger partial charge in [0.15, 0.2) is 11.5 Å². The van der Waals surface area contributed by atoms with Gasteiger partial charge in [0.1, 0.15) is 6.61 Å². The number of ether oxygens (including phenoxy) is 2. The molecule has 202 valence electrons. The number of amides is 2. The largest absolute Gasteiger partial charge is 0.490 e. The van der Waals surface area contributed by atoms with Crippen LogP contribution in [0.3, 0.4) is 0 Å². The maximum absolute atomic E-state index is 13.0. The number of imide groups is 1. The lowest BCUT2D eigenvalue weighted by Gasteiger charge is -2.15. The Morgan fingerprint density at radius 2 is 1.75 bits per heavy atom. The van der Waals surface area contributed by atoms with E-state index in [1.54, 1.807) is 18.2 Å². The summed E-state index contributed by atoms with van der Waals surface area (Å²) >= 11 is 7.44. The Morgan fingerprint density at radius 3 is 2.50 bits per heavy atom. The molecule has 1 heterocycles. The molecular weight excluding hydrogens is 552 g/mol. The summed E-state index contributed by atoms with van der Waals surface area (Å²) in [5.74, 6) is 0.352. The van der Waals surface area contributed by atoms with Crippen molar-refractivity contribution in [2.75, 3.05) is 6.61 Å². The van der Waals surface area contributed by atoms with Crippen LogP contribution in [0.15, 0.2) is 83.8 Å². The Kier molecular flexibility index (Phi) is 8.04. The molecule has 0 spiro atoms. The third-order valence-corrected chi connectivity index (χ3v) is 7.43. The number of hydrogen-bond acceptors (Lipinski definition) is 7. The number of non-ortho nitro benzene ring substituents is 1. The fourth-order valence-corrected chi connectivity index (χ4v) is 5.45. The van der Waals surface area contributed by atoms with Gasteiger partial charge >= 0.3 is 0 Å². The summed E-state index contributed by atoms with van der Waals surface area (Å²) in [6.45, 7) is 2.50. The predicted octanol–water partition coefficient (Wildman–Crippen LogP) is 7.62. The number of halogens is 1. The zero-order valence-electron chi connectivity index (χ0n) is 21.3. The van der Waals surface area contributed by atoms with Crippen molar-refractivity contribution in [2.24, 2.45) is 0 Å². The van der Waals surface area contributed by atoms with Crippen LogP contribution < -0.4 is 9.47 Å². The van der Waals surface area contributed by atoms with E-state index >= 15 is 0 Å². The number of hydrogen-bond donors (Lipinski definition) is 0. The van der Waals surface area contributed by atoms with Crippen LogP contribution in [0.4, 0.5) is 10.5 Å². The average Bonchev–Trinajstić information content (AvgIpc) is 3.20. The van der Waals surface area contributed by atoms with E-state index in [1.807, 2.05) is 49.4 Å². The molecule has 0 aromatic heterocycles. The van der Waals surface area contributed by atoms with Crippen molar-refractivity contribution in [2.45, 2.75) is 20.1 Å². The van der Waals surface area contributed by atoms with Crippen molar-refractivity contribution >= 4 is 57.0 Å². The number of nitro benzene ring substituents is 1. The average molecular weight is 575 g/mol. The first kappa shape index (κ1) is 27.2. The molecule has 1 aliphatic heterocycles. The molecule has 0 atom stereocenters. The first-order chi connectivity index (χ1) is 19.3. The van der Waals surface area contributed by atoms with E-state index in [0.717, 1.165) is 33.0 Å². The molecule has 4 aromatic carbocycles. The van der Waals surface area contributed by atoms with E-state index in [1.165, 1.54) is 24.3 Å². The highest BCUT2D eigenvalue weighted by Crippen LogP contribution is 2.40. The van der Waals surface area contributed by atoms with Crippen molar-refractivity contribution in [3.63, 3.8) is 0 Å². The molecule has 0 N–H and O–H groups in total. The molecule has 1 fully saturated rings. The molecule has 2 amide bonds. The number of nitrogens with zero attached hydrogens (tertiary/aromatic N) is 2. The third kappa shape index (κ3) is 5.80. The van der Waals surface area contributed by atoms with E-state index in [9.17, 15) is 19.7 Å². The lowest BCUT2D eigenvalue weighted by molar-refractivity contribution is -0.384. The second-order valence-corrected chi connectivity index (χ2v) is 10.3. The molecule has 0 aliphatic carbocycles. The molecule has 40 heavy (non-hydrogen) atoms. The maximum Gasteiger partial charge on any atom is 0.293 e. The van der Waals surface area contributed by atoms with Crippen LogP contribution in [-0.4, -0.2) is 27.6 Å². The molecule has 10 heteroatoms. The van der Waals surface area contributed by atoms with Gasteiger partial charge in [-0.15, -0.1) is 0 Å². The van der Waals surface area contributed by atoms with Gasteiger partial charge in [-0.3, -0.25) is 24.6 Å². The Balaban J connectivity index is 1.36. The molecule has 0 bridgehead atoms. The van der Waals surface area contributed by atoms with Crippen LogP contribution in [-0.2, 0) is 17.9 Å². The van der Waals surface area contributed by atoms with E-state index in [0.29, 0.717) is 34.3 Å². The summed E-state index contributed by atoms with van der Waals surface area (Å²) < 4.78 is 11.9. The Morgan fingerprint density at radius 1 is 1.00 bits per heavy atom. The number of rotatable bonds is 9. The normalized spacial score (nSPS) is 14.2. The second kappa shape index (κ2) is 11.8.